The molecule has 25 heavy (non-hydrogen) atoms. The number of hydrogen-bond acceptors (Lipinski definition) is 7. The average Bonchev–Trinajstić information content (AvgIpc) is 3.09. The molecule has 0 saturated carbocycles. The van der Waals surface area contributed by atoms with Gasteiger partial charge in [0.05, 0.1) is 0 Å². The van der Waals surface area contributed by atoms with Gasteiger partial charge in [0.1, 0.15) is 19.5 Å². The van der Waals surface area contributed by atoms with Crippen LogP contribution in [0.5, 0.6) is 0 Å². The van der Waals surface area contributed by atoms with Crippen LogP contribution in [0.25, 0.3) is 5.76 Å². The van der Waals surface area contributed by atoms with Crippen molar-refractivity contribution in [1.82, 2.24) is 10.2 Å². The molecular formula is C17H19N3O4S. The maximum atomic E-state index is 11.9. The monoisotopic (exact) mass is 361 g/mol. The van der Waals surface area contributed by atoms with E-state index in [-0.39, 0.29) is 17.8 Å². The minimum absolute atomic E-state index is 0.0567. The molecule has 8 heteroatoms. The van der Waals surface area contributed by atoms with Gasteiger partial charge in [0.15, 0.2) is 0 Å². The van der Waals surface area contributed by atoms with E-state index in [2.05, 4.69) is 46.7 Å². The van der Waals surface area contributed by atoms with Crippen LogP contribution >= 0.6 is 11.8 Å². The molecule has 1 aromatic carbocycles. The van der Waals surface area contributed by atoms with E-state index in [1.807, 2.05) is 0 Å². The Morgan fingerprint density at radius 1 is 1.24 bits per heavy atom. The molecule has 1 amide bonds. The molecule has 1 aromatic heterocycles. The molecular weight excluding hydrogens is 342 g/mol. The number of nitrogens with zero attached hydrogens (tertiary/aromatic N) is 2. The first-order valence-electron chi connectivity index (χ1n) is 7.98. The minimum atomic E-state index is -0.158. The molecule has 132 valence electrons. The van der Waals surface area contributed by atoms with E-state index in [4.69, 9.17) is 13.9 Å². The van der Waals surface area contributed by atoms with Gasteiger partial charge in [-0.3, -0.25) is 10.1 Å². The molecule has 1 aliphatic heterocycles. The van der Waals surface area contributed by atoms with E-state index in [9.17, 15) is 4.79 Å². The molecule has 0 aliphatic carbocycles. The van der Waals surface area contributed by atoms with E-state index >= 15 is 0 Å². The number of nitrogens with one attached hydrogen (secondary N) is 1. The highest BCUT2D eigenvalue weighted by Crippen LogP contribution is 2.21. The summed E-state index contributed by atoms with van der Waals surface area (Å²) < 4.78 is 15.8. The minimum Gasteiger partial charge on any atom is -0.494 e. The number of carbonyl (C=O) groups is 1. The summed E-state index contributed by atoms with van der Waals surface area (Å²) in [6, 6.07) is 8.40. The van der Waals surface area contributed by atoms with Gasteiger partial charge in [-0.25, -0.2) is 0 Å². The van der Waals surface area contributed by atoms with Gasteiger partial charge in [-0.2, -0.15) is 0 Å². The normalized spacial score (nSPS) is 13.6. The highest BCUT2D eigenvalue weighted by Gasteiger charge is 2.17. The Bertz CT molecular complexity index is 743. The molecule has 0 saturated heterocycles. The summed E-state index contributed by atoms with van der Waals surface area (Å²) in [5.41, 5.74) is 1.24. The lowest BCUT2D eigenvalue weighted by molar-refractivity contribution is -0.116. The van der Waals surface area contributed by atoms with Gasteiger partial charge in [-0.05, 0) is 31.2 Å². The molecule has 0 spiro atoms. The number of ether oxygens (including phenoxy) is 2. The largest absolute Gasteiger partial charge is 0.494 e. The molecule has 0 atom stereocenters. The van der Waals surface area contributed by atoms with Crippen molar-refractivity contribution in [1.29, 1.82) is 0 Å². The molecule has 1 N–H and O–H groups in total. The van der Waals surface area contributed by atoms with Crippen LogP contribution in [0.15, 0.2) is 39.8 Å². The summed E-state index contributed by atoms with van der Waals surface area (Å²) >= 11 is 1.73. The Morgan fingerprint density at radius 3 is 2.84 bits per heavy atom. The molecule has 0 unspecified atom stereocenters. The first-order valence-corrected chi connectivity index (χ1v) is 8.97. The molecule has 2 heterocycles. The Kier molecular flexibility index (Phi) is 5.95. The maximum Gasteiger partial charge on any atom is 0.322 e. The SMILES string of the molecule is Cc1ccc(SCCCC(=O)Nc2nnc(C3=COCCO3)o2)cc1. The van der Waals surface area contributed by atoms with E-state index in [0.717, 1.165) is 12.2 Å². The van der Waals surface area contributed by atoms with E-state index in [0.29, 0.717) is 25.4 Å². The fourth-order valence-corrected chi connectivity index (χ4v) is 2.95. The molecule has 0 bridgehead atoms. The number of benzene rings is 1. The zero-order valence-corrected chi connectivity index (χ0v) is 14.7. The smallest absolute Gasteiger partial charge is 0.322 e. The van der Waals surface area contributed by atoms with Gasteiger partial charge < -0.3 is 13.9 Å². The summed E-state index contributed by atoms with van der Waals surface area (Å²) in [6.07, 6.45) is 2.57. The van der Waals surface area contributed by atoms with E-state index in [1.54, 1.807) is 11.8 Å². The van der Waals surface area contributed by atoms with Crippen molar-refractivity contribution in [3.63, 3.8) is 0 Å². The number of anilines is 1. The highest BCUT2D eigenvalue weighted by atomic mass is 32.2. The first-order chi connectivity index (χ1) is 12.2. The van der Waals surface area contributed by atoms with Crippen LogP contribution in [0.3, 0.4) is 0 Å². The zero-order valence-electron chi connectivity index (χ0n) is 13.9. The Hall–Kier alpha value is -2.48. The lowest BCUT2D eigenvalue weighted by Gasteiger charge is -2.11. The van der Waals surface area contributed by atoms with E-state index < -0.39 is 0 Å². The standard InChI is InChI=1S/C17H19N3O4S/c1-12-4-6-13(7-5-12)25-10-2-3-15(21)18-17-20-19-16(24-17)14-11-22-8-9-23-14/h4-7,11H,2-3,8-10H2,1H3,(H,18,20,21). The first kappa shape index (κ1) is 17.3. The van der Waals surface area contributed by atoms with Crippen molar-refractivity contribution in [3.05, 3.63) is 42.0 Å². The van der Waals surface area contributed by atoms with Crippen molar-refractivity contribution in [2.75, 3.05) is 24.3 Å². The number of aromatic nitrogens is 2. The van der Waals surface area contributed by atoms with Crippen molar-refractivity contribution in [2.45, 2.75) is 24.7 Å². The summed E-state index contributed by atoms with van der Waals surface area (Å²) in [4.78, 5) is 13.1. The molecule has 7 nitrogen and oxygen atoms in total. The Balaban J connectivity index is 1.40. The van der Waals surface area contributed by atoms with Crippen molar-refractivity contribution in [2.24, 2.45) is 0 Å². The third-order valence-corrected chi connectivity index (χ3v) is 4.47. The fraction of sp³-hybridized carbons (Fsp3) is 0.353. The molecule has 0 fully saturated rings. The fourth-order valence-electron chi connectivity index (χ4n) is 2.09. The summed E-state index contributed by atoms with van der Waals surface area (Å²) in [7, 11) is 0. The van der Waals surface area contributed by atoms with Gasteiger partial charge in [0, 0.05) is 11.3 Å². The maximum absolute atomic E-state index is 11.9. The Labute approximate surface area is 149 Å². The number of hydrogen-bond donors (Lipinski definition) is 1. The number of amides is 1. The van der Waals surface area contributed by atoms with Crippen molar-refractivity contribution >= 4 is 29.4 Å². The van der Waals surface area contributed by atoms with Crippen LogP contribution < -0.4 is 5.32 Å². The predicted octanol–water partition coefficient (Wildman–Crippen LogP) is 3.23. The molecule has 3 rings (SSSR count). The van der Waals surface area contributed by atoms with Crippen LogP contribution in [0.1, 0.15) is 24.3 Å². The lowest BCUT2D eigenvalue weighted by Crippen LogP contribution is -2.11. The third-order valence-electron chi connectivity index (χ3n) is 3.37. The quantitative estimate of drug-likeness (QED) is 0.598. The van der Waals surface area contributed by atoms with Gasteiger partial charge in [-0.15, -0.1) is 16.9 Å². The van der Waals surface area contributed by atoms with Crippen molar-refractivity contribution in [3.8, 4) is 0 Å². The van der Waals surface area contributed by atoms with E-state index in [1.165, 1.54) is 16.7 Å². The van der Waals surface area contributed by atoms with Gasteiger partial charge in [-0.1, -0.05) is 22.8 Å². The van der Waals surface area contributed by atoms with Crippen LogP contribution in [0.4, 0.5) is 6.01 Å². The van der Waals surface area contributed by atoms with Crippen LogP contribution in [0, 0.1) is 6.92 Å². The summed E-state index contributed by atoms with van der Waals surface area (Å²) in [5, 5.41) is 10.2. The second kappa shape index (κ2) is 8.57. The predicted molar refractivity (Wildman–Crippen MR) is 93.9 cm³/mol. The van der Waals surface area contributed by atoms with Crippen molar-refractivity contribution < 1.29 is 18.7 Å². The number of rotatable bonds is 7. The highest BCUT2D eigenvalue weighted by molar-refractivity contribution is 7.99. The third kappa shape index (κ3) is 5.25. The molecule has 1 aliphatic rings. The summed E-state index contributed by atoms with van der Waals surface area (Å²) in [5.74, 6) is 1.26. The van der Waals surface area contributed by atoms with Gasteiger partial charge in [0.25, 0.3) is 5.89 Å². The molecule has 0 radical (unpaired) electrons. The number of carbonyl (C=O) groups excluding carboxylic acids is 1. The van der Waals surface area contributed by atoms with Crippen LogP contribution in [-0.4, -0.2) is 35.1 Å². The second-order valence-electron chi connectivity index (χ2n) is 5.43. The van der Waals surface area contributed by atoms with Crippen LogP contribution in [-0.2, 0) is 14.3 Å². The molecule has 2 aromatic rings. The lowest BCUT2D eigenvalue weighted by atomic mass is 10.2. The van der Waals surface area contributed by atoms with Crippen LogP contribution in [0.2, 0.25) is 0 Å². The summed E-state index contributed by atoms with van der Waals surface area (Å²) in [6.45, 7) is 2.97. The Morgan fingerprint density at radius 2 is 2.08 bits per heavy atom. The second-order valence-corrected chi connectivity index (χ2v) is 6.60. The number of aryl methyl sites for hydroxylation is 1. The van der Waals surface area contributed by atoms with Gasteiger partial charge >= 0.3 is 6.01 Å². The average molecular weight is 361 g/mol. The van der Waals surface area contributed by atoms with Gasteiger partial charge in [0.2, 0.25) is 11.7 Å². The topological polar surface area (TPSA) is 86.5 Å². The zero-order chi connectivity index (χ0) is 17.5. The number of thioether (sulfide) groups is 1.